The number of para-hydroxylation sites is 1. The van der Waals surface area contributed by atoms with Crippen molar-refractivity contribution in [3.63, 3.8) is 0 Å². The molecule has 0 unspecified atom stereocenters. The van der Waals surface area contributed by atoms with Crippen LogP contribution in [0.15, 0.2) is 101 Å². The first-order chi connectivity index (χ1) is 25.2. The number of nitrogens with one attached hydrogen (secondary N) is 1. The van der Waals surface area contributed by atoms with Crippen molar-refractivity contribution in [2.24, 2.45) is 11.8 Å². The molecular formula is C39H47ClN6O6S. The fraction of sp³-hybridized carbons (Fsp3) is 0.359. The Bertz CT molecular complexity index is 2200. The Morgan fingerprint density at radius 3 is 2.40 bits per heavy atom. The molecule has 0 bridgehead atoms. The molecule has 4 atom stereocenters. The van der Waals surface area contributed by atoms with Gasteiger partial charge in [-0.2, -0.15) is 4.31 Å². The number of rotatable bonds is 16. The second-order valence-electron chi connectivity index (χ2n) is 13.9. The number of imidazole rings is 1. The zero-order valence-corrected chi connectivity index (χ0v) is 31.8. The average Bonchev–Trinajstić information content (AvgIpc) is 3.40. The van der Waals surface area contributed by atoms with E-state index in [1.165, 1.54) is 37.8 Å². The van der Waals surface area contributed by atoms with Gasteiger partial charge in [0, 0.05) is 24.7 Å². The molecule has 1 amide bonds. The van der Waals surface area contributed by atoms with Gasteiger partial charge in [-0.15, -0.1) is 0 Å². The van der Waals surface area contributed by atoms with Crippen LogP contribution in [0.2, 0.25) is 5.02 Å². The van der Waals surface area contributed by atoms with Gasteiger partial charge in [-0.3, -0.25) is 18.9 Å². The van der Waals surface area contributed by atoms with Crippen LogP contribution in [0.3, 0.4) is 0 Å². The minimum atomic E-state index is -4.15. The van der Waals surface area contributed by atoms with Gasteiger partial charge in [0.1, 0.15) is 6.04 Å². The molecule has 0 radical (unpaired) electrons. The number of aliphatic hydroxyl groups is 1. The highest BCUT2D eigenvalue weighted by atomic mass is 35.5. The third kappa shape index (κ3) is 9.10. The Labute approximate surface area is 314 Å². The number of aromatic hydroxyl groups is 1. The lowest BCUT2D eigenvalue weighted by Crippen LogP contribution is -2.53. The van der Waals surface area contributed by atoms with Gasteiger partial charge in [0.15, 0.2) is 0 Å². The van der Waals surface area contributed by atoms with Gasteiger partial charge in [-0.1, -0.05) is 94.2 Å². The monoisotopic (exact) mass is 762 g/mol. The number of fused-ring (bicyclic) bond motifs is 1. The number of carbonyl (C=O) groups excluding carboxylic acids is 1. The zero-order valence-electron chi connectivity index (χ0n) is 30.3. The van der Waals surface area contributed by atoms with E-state index in [0.717, 1.165) is 22.0 Å². The number of hydrogen-bond donors (Lipinski definition) is 4. The first-order valence-electron chi connectivity index (χ1n) is 17.6. The van der Waals surface area contributed by atoms with Crippen molar-refractivity contribution in [2.75, 3.05) is 18.8 Å². The molecule has 3 aromatic carbocycles. The average molecular weight is 763 g/mol. The Hall–Kier alpha value is -4.69. The number of aliphatic hydroxyl groups excluding tert-OH is 1. The van der Waals surface area contributed by atoms with E-state index in [2.05, 4.69) is 10.3 Å². The summed E-state index contributed by atoms with van der Waals surface area (Å²) in [7, 11) is -4.15. The Morgan fingerprint density at radius 2 is 1.72 bits per heavy atom. The molecule has 14 heteroatoms. The van der Waals surface area contributed by atoms with E-state index >= 15 is 0 Å². The van der Waals surface area contributed by atoms with Crippen LogP contribution >= 0.6 is 11.6 Å². The summed E-state index contributed by atoms with van der Waals surface area (Å²) < 4.78 is 31.5. The van der Waals surface area contributed by atoms with Gasteiger partial charge in [-0.05, 0) is 59.7 Å². The molecule has 282 valence electrons. The molecule has 0 aliphatic heterocycles. The largest absolute Gasteiger partial charge is 0.493 e. The van der Waals surface area contributed by atoms with E-state index in [0.29, 0.717) is 6.42 Å². The van der Waals surface area contributed by atoms with Crippen molar-refractivity contribution in [3.05, 3.63) is 118 Å². The molecule has 53 heavy (non-hydrogen) atoms. The summed E-state index contributed by atoms with van der Waals surface area (Å²) in [5.41, 5.74) is 7.78. The number of nitrogen functional groups attached to an aromatic ring is 1. The normalized spacial score (nSPS) is 14.3. The topological polar surface area (TPSA) is 173 Å². The second-order valence-corrected chi connectivity index (χ2v) is 16.2. The molecule has 0 aliphatic rings. The number of anilines is 1. The van der Waals surface area contributed by atoms with Gasteiger partial charge in [0.05, 0.1) is 46.0 Å². The van der Waals surface area contributed by atoms with E-state index in [9.17, 15) is 28.2 Å². The molecule has 12 nitrogen and oxygen atoms in total. The third-order valence-corrected chi connectivity index (χ3v) is 11.6. The second kappa shape index (κ2) is 17.0. The highest BCUT2D eigenvalue weighted by Gasteiger charge is 2.35. The molecular weight excluding hydrogens is 716 g/mol. The van der Waals surface area contributed by atoms with Crippen LogP contribution in [0.25, 0.3) is 10.9 Å². The number of benzene rings is 3. The van der Waals surface area contributed by atoms with Crippen molar-refractivity contribution in [1.29, 1.82) is 0 Å². The molecule has 2 aromatic heterocycles. The van der Waals surface area contributed by atoms with Crippen LogP contribution in [0.5, 0.6) is 5.88 Å². The highest BCUT2D eigenvalue weighted by Crippen LogP contribution is 2.27. The van der Waals surface area contributed by atoms with Crippen LogP contribution in [0.4, 0.5) is 5.69 Å². The standard InChI is InChI=1S/C39H47ClN6O6S/c1-5-26(4)37(46-24-36(48)45(39(46)50)22-28-17-18-42-33-14-10-9-13-30(28)33)38(49)43-34(19-27-11-7-6-8-12-27)35(47)23-44(21-25(2)3)53(51,52)29-15-16-31(40)32(41)20-29/h6-18,20,24-26,34-35,37,47-48H,5,19,21-23,41H2,1-4H3,(H,43,49)/t26-,34-,35+,37-/m0/s1. The van der Waals surface area contributed by atoms with E-state index in [1.807, 2.05) is 82.3 Å². The van der Waals surface area contributed by atoms with Gasteiger partial charge in [0.25, 0.3) is 0 Å². The van der Waals surface area contributed by atoms with E-state index < -0.39 is 39.8 Å². The number of amides is 1. The number of nitrogens with two attached hydrogens (primary N) is 1. The number of pyridine rings is 1. The first kappa shape index (κ1) is 39.5. The van der Waals surface area contributed by atoms with Crippen LogP contribution in [-0.4, -0.2) is 68.2 Å². The number of nitrogens with zero attached hydrogens (tertiary/aromatic N) is 4. The molecule has 0 saturated carbocycles. The fourth-order valence-electron chi connectivity index (χ4n) is 6.44. The minimum Gasteiger partial charge on any atom is -0.493 e. The number of sulfonamides is 1. The summed E-state index contributed by atoms with van der Waals surface area (Å²) >= 11 is 6.07. The predicted octanol–water partition coefficient (Wildman–Crippen LogP) is 5.21. The van der Waals surface area contributed by atoms with Crippen molar-refractivity contribution < 1.29 is 23.4 Å². The maximum atomic E-state index is 14.4. The Kier molecular flexibility index (Phi) is 12.7. The summed E-state index contributed by atoms with van der Waals surface area (Å²) in [5.74, 6) is -1.34. The Morgan fingerprint density at radius 1 is 1.02 bits per heavy atom. The lowest BCUT2D eigenvalue weighted by molar-refractivity contribution is -0.127. The van der Waals surface area contributed by atoms with Crippen LogP contribution in [0, 0.1) is 11.8 Å². The summed E-state index contributed by atoms with van der Waals surface area (Å²) in [6, 6.07) is 20.5. The molecule has 5 N–H and O–H groups in total. The number of carbonyl (C=O) groups is 1. The number of aromatic nitrogens is 3. The number of halogens is 1. The lowest BCUT2D eigenvalue weighted by atomic mass is 9.96. The van der Waals surface area contributed by atoms with Gasteiger partial charge in [-0.25, -0.2) is 13.2 Å². The fourth-order valence-corrected chi connectivity index (χ4v) is 8.22. The summed E-state index contributed by atoms with van der Waals surface area (Å²) in [5, 5.41) is 26.9. The molecule has 2 heterocycles. The predicted molar refractivity (Wildman–Crippen MR) is 207 cm³/mol. The van der Waals surface area contributed by atoms with Crippen LogP contribution in [0.1, 0.15) is 51.3 Å². The van der Waals surface area contributed by atoms with Crippen molar-refractivity contribution in [3.8, 4) is 5.88 Å². The molecule has 0 fully saturated rings. The quantitative estimate of drug-likeness (QED) is 0.0993. The zero-order chi connectivity index (χ0) is 38.4. The molecule has 0 saturated heterocycles. The maximum Gasteiger partial charge on any atom is 0.332 e. The Balaban J connectivity index is 1.47. The third-order valence-electron chi connectivity index (χ3n) is 9.46. The first-order valence-corrected chi connectivity index (χ1v) is 19.4. The highest BCUT2D eigenvalue weighted by molar-refractivity contribution is 7.89. The number of hydrogen-bond acceptors (Lipinski definition) is 8. The van der Waals surface area contributed by atoms with Gasteiger partial charge < -0.3 is 21.3 Å². The summed E-state index contributed by atoms with van der Waals surface area (Å²) in [6.45, 7) is 7.24. The minimum absolute atomic E-state index is 0.0460. The SMILES string of the molecule is CC[C@H](C)[C@@H](C(=O)N[C@@H](Cc1ccccc1)[C@H](O)CN(CC(C)C)S(=O)(=O)c1ccc(Cl)c(N)c1)n1cc(O)n(Cc2ccnc3ccccc23)c1=O. The van der Waals surface area contributed by atoms with Crippen molar-refractivity contribution in [1.82, 2.24) is 23.7 Å². The summed E-state index contributed by atoms with van der Waals surface area (Å²) in [4.78, 5) is 32.7. The molecule has 0 aliphatic carbocycles. The maximum absolute atomic E-state index is 14.4. The smallest absolute Gasteiger partial charge is 0.332 e. The van der Waals surface area contributed by atoms with Crippen molar-refractivity contribution in [2.45, 2.75) is 70.2 Å². The van der Waals surface area contributed by atoms with Crippen LogP contribution in [-0.2, 0) is 27.8 Å². The van der Waals surface area contributed by atoms with E-state index in [1.54, 1.807) is 12.3 Å². The van der Waals surface area contributed by atoms with E-state index in [-0.39, 0.29) is 59.4 Å². The lowest BCUT2D eigenvalue weighted by Gasteiger charge is -2.32. The van der Waals surface area contributed by atoms with Crippen molar-refractivity contribution >= 4 is 44.1 Å². The molecule has 5 rings (SSSR count). The molecule has 0 spiro atoms. The summed E-state index contributed by atoms with van der Waals surface area (Å²) in [6.07, 6.45) is 2.22. The van der Waals surface area contributed by atoms with Gasteiger partial charge in [0.2, 0.25) is 21.8 Å². The van der Waals surface area contributed by atoms with E-state index in [4.69, 9.17) is 17.3 Å². The van der Waals surface area contributed by atoms with Crippen LogP contribution < -0.4 is 16.7 Å². The molecule has 5 aromatic rings. The van der Waals surface area contributed by atoms with Gasteiger partial charge >= 0.3 is 5.69 Å².